The summed E-state index contributed by atoms with van der Waals surface area (Å²) in [5, 5.41) is 3.54. The molecule has 1 rings (SSSR count). The van der Waals surface area contributed by atoms with Crippen molar-refractivity contribution in [1.29, 1.82) is 0 Å². The fourth-order valence-corrected chi connectivity index (χ4v) is 2.39. The third-order valence-electron chi connectivity index (χ3n) is 3.62. The van der Waals surface area contributed by atoms with E-state index in [1.165, 1.54) is 0 Å². The number of ether oxygens (including phenoxy) is 4. The Hall–Kier alpha value is -0.200. The topological polar surface area (TPSA) is 49.0 Å². The van der Waals surface area contributed by atoms with Crippen LogP contribution in [0.4, 0.5) is 0 Å². The van der Waals surface area contributed by atoms with Gasteiger partial charge >= 0.3 is 0 Å². The van der Waals surface area contributed by atoms with Gasteiger partial charge in [0.2, 0.25) is 0 Å². The first-order valence-corrected chi connectivity index (χ1v) is 8.36. The molecule has 0 aromatic heterocycles. The van der Waals surface area contributed by atoms with E-state index < -0.39 is 0 Å². The summed E-state index contributed by atoms with van der Waals surface area (Å²) in [5.41, 5.74) is 0. The zero-order chi connectivity index (χ0) is 15.3. The van der Waals surface area contributed by atoms with Crippen LogP contribution in [0.1, 0.15) is 39.5 Å². The molecule has 0 aromatic carbocycles. The molecular formula is C16H33NO4. The first-order chi connectivity index (χ1) is 10.3. The highest BCUT2D eigenvalue weighted by Gasteiger charge is 2.42. The van der Waals surface area contributed by atoms with E-state index in [0.29, 0.717) is 19.3 Å². The first kappa shape index (κ1) is 18.8. The maximum atomic E-state index is 5.93. The fraction of sp³-hybridized carbons (Fsp3) is 1.00. The van der Waals surface area contributed by atoms with E-state index in [-0.39, 0.29) is 12.2 Å². The maximum Gasteiger partial charge on any atom is 0.0990 e. The van der Waals surface area contributed by atoms with Crippen LogP contribution in [0.25, 0.3) is 0 Å². The summed E-state index contributed by atoms with van der Waals surface area (Å²) < 4.78 is 22.2. The van der Waals surface area contributed by atoms with Crippen LogP contribution in [0, 0.1) is 0 Å². The van der Waals surface area contributed by atoms with Crippen LogP contribution in [0.5, 0.6) is 0 Å². The Morgan fingerprint density at radius 3 is 2.52 bits per heavy atom. The summed E-state index contributed by atoms with van der Waals surface area (Å²) >= 11 is 0. The van der Waals surface area contributed by atoms with Gasteiger partial charge in [-0.15, -0.1) is 0 Å². The fourth-order valence-electron chi connectivity index (χ4n) is 2.39. The van der Waals surface area contributed by atoms with E-state index in [9.17, 15) is 0 Å². The third kappa shape index (κ3) is 7.56. The average molecular weight is 303 g/mol. The molecule has 1 aliphatic rings. The van der Waals surface area contributed by atoms with E-state index in [0.717, 1.165) is 52.0 Å². The van der Waals surface area contributed by atoms with Crippen molar-refractivity contribution in [3.63, 3.8) is 0 Å². The quantitative estimate of drug-likeness (QED) is 0.497. The van der Waals surface area contributed by atoms with Gasteiger partial charge in [0.25, 0.3) is 0 Å². The molecule has 1 N–H and O–H groups in total. The summed E-state index contributed by atoms with van der Waals surface area (Å²) in [6.07, 6.45) is 4.64. The normalized spacial score (nSPS) is 25.0. The Morgan fingerprint density at radius 1 is 0.952 bits per heavy atom. The summed E-state index contributed by atoms with van der Waals surface area (Å²) in [6, 6.07) is 0.458. The highest BCUT2D eigenvalue weighted by atomic mass is 16.5. The number of hydrogen-bond donors (Lipinski definition) is 1. The molecule has 5 heteroatoms. The van der Waals surface area contributed by atoms with Gasteiger partial charge in [-0.3, -0.25) is 0 Å². The van der Waals surface area contributed by atoms with Crippen molar-refractivity contribution in [2.75, 3.05) is 46.7 Å². The Morgan fingerprint density at radius 2 is 1.81 bits per heavy atom. The molecule has 21 heavy (non-hydrogen) atoms. The van der Waals surface area contributed by atoms with Crippen molar-refractivity contribution in [3.05, 3.63) is 0 Å². The smallest absolute Gasteiger partial charge is 0.0990 e. The van der Waals surface area contributed by atoms with Gasteiger partial charge in [-0.1, -0.05) is 13.8 Å². The monoisotopic (exact) mass is 303 g/mol. The lowest BCUT2D eigenvalue weighted by molar-refractivity contribution is -0.148. The van der Waals surface area contributed by atoms with Crippen LogP contribution in [0.15, 0.2) is 0 Å². The first-order valence-electron chi connectivity index (χ1n) is 8.36. The van der Waals surface area contributed by atoms with Gasteiger partial charge in [0.1, 0.15) is 0 Å². The van der Waals surface area contributed by atoms with Gasteiger partial charge in [0.05, 0.1) is 25.4 Å². The molecule has 0 bridgehead atoms. The zero-order valence-electron chi connectivity index (χ0n) is 13.9. The molecule has 0 saturated heterocycles. The minimum absolute atomic E-state index is 0.214. The van der Waals surface area contributed by atoms with Crippen molar-refractivity contribution in [3.8, 4) is 0 Å². The summed E-state index contributed by atoms with van der Waals surface area (Å²) in [5.74, 6) is 0. The van der Waals surface area contributed by atoms with Gasteiger partial charge in [0.15, 0.2) is 0 Å². The zero-order valence-corrected chi connectivity index (χ0v) is 13.9. The SMILES string of the molecule is CCCNC1CC(OCCCOCCOC)C1OCCC. The van der Waals surface area contributed by atoms with E-state index in [4.69, 9.17) is 18.9 Å². The van der Waals surface area contributed by atoms with Crippen molar-refractivity contribution in [1.82, 2.24) is 5.32 Å². The van der Waals surface area contributed by atoms with Crippen molar-refractivity contribution >= 4 is 0 Å². The summed E-state index contributed by atoms with van der Waals surface area (Å²) in [7, 11) is 1.68. The molecule has 1 saturated carbocycles. The van der Waals surface area contributed by atoms with Gasteiger partial charge in [-0.25, -0.2) is 0 Å². The predicted molar refractivity (Wildman–Crippen MR) is 83.8 cm³/mol. The Bertz CT molecular complexity index is 240. The lowest BCUT2D eigenvalue weighted by Gasteiger charge is -2.44. The molecule has 126 valence electrons. The second-order valence-electron chi connectivity index (χ2n) is 5.50. The molecule has 1 aliphatic carbocycles. The molecule has 0 aliphatic heterocycles. The van der Waals surface area contributed by atoms with Gasteiger partial charge in [-0.2, -0.15) is 0 Å². The molecule has 3 atom stereocenters. The van der Waals surface area contributed by atoms with E-state index >= 15 is 0 Å². The van der Waals surface area contributed by atoms with Gasteiger partial charge < -0.3 is 24.3 Å². The van der Waals surface area contributed by atoms with Crippen LogP contribution < -0.4 is 5.32 Å². The van der Waals surface area contributed by atoms with Gasteiger partial charge in [-0.05, 0) is 32.2 Å². The lowest BCUT2D eigenvalue weighted by atomic mass is 9.85. The molecule has 0 radical (unpaired) electrons. The predicted octanol–water partition coefficient (Wildman–Crippen LogP) is 1.99. The molecule has 5 nitrogen and oxygen atoms in total. The van der Waals surface area contributed by atoms with E-state index in [1.54, 1.807) is 7.11 Å². The molecule has 0 aromatic rings. The van der Waals surface area contributed by atoms with Crippen LogP contribution >= 0.6 is 0 Å². The standard InChI is InChI=1S/C16H33NO4/c1-4-7-17-14-13-15(16(14)21-8-5-2)20-10-6-9-19-12-11-18-3/h14-17H,4-13H2,1-3H3. The minimum Gasteiger partial charge on any atom is -0.382 e. The van der Waals surface area contributed by atoms with E-state index in [1.807, 2.05) is 0 Å². The van der Waals surface area contributed by atoms with Crippen LogP contribution in [-0.2, 0) is 18.9 Å². The number of methoxy groups -OCH3 is 1. The molecule has 0 amide bonds. The molecule has 0 heterocycles. The molecular weight excluding hydrogens is 270 g/mol. The highest BCUT2D eigenvalue weighted by Crippen LogP contribution is 2.27. The Balaban J connectivity index is 2.09. The molecule has 0 spiro atoms. The lowest BCUT2D eigenvalue weighted by Crippen LogP contribution is -2.60. The largest absolute Gasteiger partial charge is 0.382 e. The second-order valence-corrected chi connectivity index (χ2v) is 5.50. The average Bonchev–Trinajstić information content (AvgIpc) is 2.48. The summed E-state index contributed by atoms with van der Waals surface area (Å²) in [4.78, 5) is 0. The number of rotatable bonds is 14. The van der Waals surface area contributed by atoms with Crippen LogP contribution in [0.2, 0.25) is 0 Å². The maximum absolute atomic E-state index is 5.93. The van der Waals surface area contributed by atoms with Crippen LogP contribution in [0.3, 0.4) is 0 Å². The second kappa shape index (κ2) is 12.4. The summed E-state index contributed by atoms with van der Waals surface area (Å²) in [6.45, 7) is 8.97. The number of nitrogens with one attached hydrogen (secondary N) is 1. The third-order valence-corrected chi connectivity index (χ3v) is 3.62. The van der Waals surface area contributed by atoms with E-state index in [2.05, 4.69) is 19.2 Å². The Labute approximate surface area is 129 Å². The van der Waals surface area contributed by atoms with Crippen molar-refractivity contribution < 1.29 is 18.9 Å². The number of hydrogen-bond acceptors (Lipinski definition) is 5. The molecule has 3 unspecified atom stereocenters. The minimum atomic E-state index is 0.214. The molecule has 1 fully saturated rings. The van der Waals surface area contributed by atoms with Crippen molar-refractivity contribution in [2.24, 2.45) is 0 Å². The highest BCUT2D eigenvalue weighted by molar-refractivity contribution is 4.97. The Kier molecular flexibility index (Phi) is 11.1. The van der Waals surface area contributed by atoms with Gasteiger partial charge in [0, 0.05) is 33.0 Å². The van der Waals surface area contributed by atoms with Crippen molar-refractivity contribution in [2.45, 2.75) is 57.8 Å². The van der Waals surface area contributed by atoms with Crippen LogP contribution in [-0.4, -0.2) is 64.9 Å².